The molecule has 4 nitrogen and oxygen atoms in total. The number of nitrogens with zero attached hydrogens (tertiary/aromatic N) is 2. The molecule has 0 atom stereocenters. The summed E-state index contributed by atoms with van der Waals surface area (Å²) >= 11 is 0. The van der Waals surface area contributed by atoms with Gasteiger partial charge in [0, 0.05) is 23.1 Å². The zero-order valence-electron chi connectivity index (χ0n) is 14.3. The van der Waals surface area contributed by atoms with E-state index in [0.717, 1.165) is 17.0 Å². The molecule has 1 aromatic heterocycles. The second kappa shape index (κ2) is 6.92. The molecule has 1 amide bonds. The highest BCUT2D eigenvalue weighted by molar-refractivity contribution is 6.05. The van der Waals surface area contributed by atoms with Crippen LogP contribution < -0.4 is 5.32 Å². The van der Waals surface area contributed by atoms with Crippen LogP contribution in [0.1, 0.15) is 65.5 Å². The number of hydrogen-bond donors (Lipinski definition) is 1. The minimum atomic E-state index is -0.111. The molecule has 1 N–H and O–H groups in total. The molecule has 124 valence electrons. The zero-order valence-corrected chi connectivity index (χ0v) is 14.3. The molecule has 0 spiro atoms. The number of hydrogen-bond acceptors (Lipinski definition) is 2. The Hall–Kier alpha value is -2.54. The van der Waals surface area contributed by atoms with Gasteiger partial charge in [-0.3, -0.25) is 4.79 Å². The van der Waals surface area contributed by atoms with Crippen molar-refractivity contribution in [2.45, 2.75) is 52.0 Å². The van der Waals surface area contributed by atoms with Gasteiger partial charge >= 0.3 is 0 Å². The van der Waals surface area contributed by atoms with E-state index in [0.29, 0.717) is 17.3 Å². The maximum Gasteiger partial charge on any atom is 0.257 e. The first-order valence-corrected chi connectivity index (χ1v) is 8.60. The van der Waals surface area contributed by atoms with Crippen molar-refractivity contribution in [3.63, 3.8) is 0 Å². The number of rotatable bonds is 3. The van der Waals surface area contributed by atoms with Crippen LogP contribution in [0.3, 0.4) is 0 Å². The number of amides is 1. The van der Waals surface area contributed by atoms with Gasteiger partial charge < -0.3 is 9.88 Å². The normalized spacial score (nSPS) is 15.0. The molecule has 0 unspecified atom stereocenters. The zero-order chi connectivity index (χ0) is 17.1. The van der Waals surface area contributed by atoms with Gasteiger partial charge in [-0.15, -0.1) is 0 Å². The highest BCUT2D eigenvalue weighted by Crippen LogP contribution is 2.32. The van der Waals surface area contributed by atoms with Crippen molar-refractivity contribution in [2.75, 3.05) is 5.32 Å². The van der Waals surface area contributed by atoms with Crippen LogP contribution in [-0.4, -0.2) is 10.5 Å². The average Bonchev–Trinajstić information content (AvgIpc) is 2.90. The molecule has 1 saturated carbocycles. The highest BCUT2D eigenvalue weighted by atomic mass is 16.1. The van der Waals surface area contributed by atoms with Gasteiger partial charge in [0.2, 0.25) is 0 Å². The number of nitriles is 1. The lowest BCUT2D eigenvalue weighted by molar-refractivity contribution is 0.102. The van der Waals surface area contributed by atoms with E-state index in [9.17, 15) is 4.79 Å². The minimum Gasteiger partial charge on any atom is -0.345 e. The monoisotopic (exact) mass is 321 g/mol. The van der Waals surface area contributed by atoms with Crippen molar-refractivity contribution in [3.8, 4) is 6.07 Å². The minimum absolute atomic E-state index is 0.111. The molecular formula is C20H23N3O. The Kier molecular flexibility index (Phi) is 4.71. The number of carbonyl (C=O) groups excluding carboxylic acids is 1. The molecule has 1 aliphatic carbocycles. The van der Waals surface area contributed by atoms with Gasteiger partial charge in [0.05, 0.1) is 17.2 Å². The van der Waals surface area contributed by atoms with Gasteiger partial charge in [0.1, 0.15) is 0 Å². The van der Waals surface area contributed by atoms with Crippen molar-refractivity contribution in [2.24, 2.45) is 0 Å². The van der Waals surface area contributed by atoms with E-state index in [-0.39, 0.29) is 5.91 Å². The Balaban J connectivity index is 1.84. The van der Waals surface area contributed by atoms with Crippen LogP contribution in [0.5, 0.6) is 0 Å². The number of aromatic nitrogens is 1. The molecular weight excluding hydrogens is 298 g/mol. The number of benzene rings is 1. The Labute approximate surface area is 143 Å². The molecule has 0 bridgehead atoms. The fourth-order valence-corrected chi connectivity index (χ4v) is 3.77. The van der Waals surface area contributed by atoms with Crippen molar-refractivity contribution < 1.29 is 4.79 Å². The summed E-state index contributed by atoms with van der Waals surface area (Å²) in [6, 6.07) is 11.6. The molecule has 0 radical (unpaired) electrons. The van der Waals surface area contributed by atoms with E-state index in [4.69, 9.17) is 5.26 Å². The van der Waals surface area contributed by atoms with Crippen LogP contribution in [-0.2, 0) is 0 Å². The molecule has 0 saturated heterocycles. The van der Waals surface area contributed by atoms with Gasteiger partial charge in [-0.05, 0) is 51.0 Å². The number of anilines is 1. The predicted molar refractivity (Wildman–Crippen MR) is 95.1 cm³/mol. The van der Waals surface area contributed by atoms with Crippen molar-refractivity contribution >= 4 is 11.6 Å². The lowest BCUT2D eigenvalue weighted by Crippen LogP contribution is -2.17. The molecule has 1 aliphatic rings. The topological polar surface area (TPSA) is 57.8 Å². The van der Waals surface area contributed by atoms with E-state index in [1.165, 1.54) is 32.1 Å². The maximum absolute atomic E-state index is 12.7. The first-order valence-electron chi connectivity index (χ1n) is 8.60. The molecule has 0 aliphatic heterocycles. The van der Waals surface area contributed by atoms with Crippen molar-refractivity contribution in [3.05, 3.63) is 52.8 Å². The van der Waals surface area contributed by atoms with Crippen LogP contribution in [0.2, 0.25) is 0 Å². The smallest absolute Gasteiger partial charge is 0.257 e. The average molecular weight is 321 g/mol. The van der Waals surface area contributed by atoms with Gasteiger partial charge in [0.25, 0.3) is 5.91 Å². The molecule has 1 fully saturated rings. The highest BCUT2D eigenvalue weighted by Gasteiger charge is 2.22. The van der Waals surface area contributed by atoms with Gasteiger partial charge in [-0.25, -0.2) is 0 Å². The lowest BCUT2D eigenvalue weighted by atomic mass is 9.95. The Morgan fingerprint density at radius 2 is 1.96 bits per heavy atom. The predicted octanol–water partition coefficient (Wildman–Crippen LogP) is 4.73. The van der Waals surface area contributed by atoms with Crippen LogP contribution in [0, 0.1) is 25.2 Å². The lowest BCUT2D eigenvalue weighted by Gasteiger charge is -2.26. The summed E-state index contributed by atoms with van der Waals surface area (Å²) in [5, 5.41) is 11.9. The van der Waals surface area contributed by atoms with Gasteiger partial charge in [0.15, 0.2) is 0 Å². The molecule has 24 heavy (non-hydrogen) atoms. The molecule has 3 rings (SSSR count). The summed E-state index contributed by atoms with van der Waals surface area (Å²) in [7, 11) is 0. The van der Waals surface area contributed by atoms with E-state index >= 15 is 0 Å². The molecule has 2 aromatic rings. The summed E-state index contributed by atoms with van der Waals surface area (Å²) in [6.45, 7) is 4.11. The SMILES string of the molecule is Cc1cc(C(=O)Nc2cccc(C#N)c2)c(C)n1C1CCCCC1. The summed E-state index contributed by atoms with van der Waals surface area (Å²) < 4.78 is 2.33. The third-order valence-electron chi connectivity index (χ3n) is 4.92. The van der Waals surface area contributed by atoms with Crippen LogP contribution in [0.15, 0.2) is 30.3 Å². The standard InChI is InChI=1S/C20H23N3O/c1-14-11-19(15(2)23(14)18-9-4-3-5-10-18)20(24)22-17-8-6-7-16(12-17)13-21/h6-8,11-12,18H,3-5,9-10H2,1-2H3,(H,22,24). The first-order chi connectivity index (χ1) is 11.6. The molecule has 1 heterocycles. The van der Waals surface area contributed by atoms with Gasteiger partial charge in [-0.1, -0.05) is 25.3 Å². The molecule has 4 heteroatoms. The number of aryl methyl sites for hydroxylation is 1. The van der Waals surface area contributed by atoms with E-state index in [1.807, 2.05) is 13.0 Å². The summed E-state index contributed by atoms with van der Waals surface area (Å²) in [4.78, 5) is 12.7. The van der Waals surface area contributed by atoms with Crippen LogP contribution >= 0.6 is 0 Å². The third-order valence-corrected chi connectivity index (χ3v) is 4.92. The molecule has 1 aromatic carbocycles. The van der Waals surface area contributed by atoms with E-state index in [2.05, 4.69) is 22.9 Å². The van der Waals surface area contributed by atoms with Crippen molar-refractivity contribution in [1.82, 2.24) is 4.57 Å². The second-order valence-electron chi connectivity index (χ2n) is 6.59. The maximum atomic E-state index is 12.7. The Bertz CT molecular complexity index is 792. The fraction of sp³-hybridized carbons (Fsp3) is 0.400. The number of nitrogens with one attached hydrogen (secondary N) is 1. The number of carbonyl (C=O) groups is 1. The fourth-order valence-electron chi connectivity index (χ4n) is 3.77. The summed E-state index contributed by atoms with van der Waals surface area (Å²) in [5.74, 6) is -0.111. The second-order valence-corrected chi connectivity index (χ2v) is 6.59. The summed E-state index contributed by atoms with van der Waals surface area (Å²) in [6.07, 6.45) is 6.25. The Morgan fingerprint density at radius 3 is 2.67 bits per heavy atom. The first kappa shape index (κ1) is 16.3. The van der Waals surface area contributed by atoms with Crippen LogP contribution in [0.4, 0.5) is 5.69 Å². The Morgan fingerprint density at radius 1 is 1.21 bits per heavy atom. The van der Waals surface area contributed by atoms with E-state index < -0.39 is 0 Å². The van der Waals surface area contributed by atoms with Crippen LogP contribution in [0.25, 0.3) is 0 Å². The largest absolute Gasteiger partial charge is 0.345 e. The van der Waals surface area contributed by atoms with Gasteiger partial charge in [-0.2, -0.15) is 5.26 Å². The quantitative estimate of drug-likeness (QED) is 0.888. The van der Waals surface area contributed by atoms with Crippen molar-refractivity contribution in [1.29, 1.82) is 5.26 Å². The summed E-state index contributed by atoms with van der Waals surface area (Å²) in [5.41, 5.74) is 4.10. The van der Waals surface area contributed by atoms with E-state index in [1.54, 1.807) is 24.3 Å². The third kappa shape index (κ3) is 3.21.